The van der Waals surface area contributed by atoms with E-state index in [1.165, 1.54) is 5.56 Å². The highest BCUT2D eigenvalue weighted by Crippen LogP contribution is 2.21. The topological polar surface area (TPSA) is 59.4 Å². The zero-order valence-corrected chi connectivity index (χ0v) is 14.2. The predicted octanol–water partition coefficient (Wildman–Crippen LogP) is 1.53. The van der Waals surface area contributed by atoms with Gasteiger partial charge in [-0.05, 0) is 18.6 Å². The van der Waals surface area contributed by atoms with E-state index >= 15 is 0 Å². The van der Waals surface area contributed by atoms with Gasteiger partial charge in [0.25, 0.3) is 5.91 Å². The van der Waals surface area contributed by atoms with E-state index in [1.807, 2.05) is 31.2 Å². The molecular weight excluding hydrogens is 304 g/mol. The van der Waals surface area contributed by atoms with Gasteiger partial charge in [-0.15, -0.1) is 0 Å². The first-order chi connectivity index (χ1) is 11.6. The van der Waals surface area contributed by atoms with Crippen molar-refractivity contribution in [3.05, 3.63) is 53.3 Å². The molecule has 1 unspecified atom stereocenters. The summed E-state index contributed by atoms with van der Waals surface area (Å²) in [5.41, 5.74) is 2.64. The Morgan fingerprint density at radius 2 is 2.00 bits per heavy atom. The van der Waals surface area contributed by atoms with E-state index in [4.69, 9.17) is 4.74 Å². The highest BCUT2D eigenvalue weighted by atomic mass is 16.5. The summed E-state index contributed by atoms with van der Waals surface area (Å²) in [4.78, 5) is 14.9. The molecule has 3 rings (SSSR count). The first-order valence-electron chi connectivity index (χ1n) is 8.31. The van der Waals surface area contributed by atoms with Crippen molar-refractivity contribution in [1.82, 2.24) is 20.0 Å². The highest BCUT2D eigenvalue weighted by Gasteiger charge is 2.23. The molecule has 1 aliphatic heterocycles. The van der Waals surface area contributed by atoms with Crippen molar-refractivity contribution in [2.75, 3.05) is 32.8 Å². The summed E-state index contributed by atoms with van der Waals surface area (Å²) in [5.74, 6) is -0.0905. The first kappa shape index (κ1) is 16.7. The van der Waals surface area contributed by atoms with Gasteiger partial charge in [0.1, 0.15) is 5.69 Å². The van der Waals surface area contributed by atoms with E-state index in [9.17, 15) is 4.79 Å². The number of benzene rings is 1. The zero-order chi connectivity index (χ0) is 16.9. The summed E-state index contributed by atoms with van der Waals surface area (Å²) in [5, 5.41) is 7.30. The Morgan fingerprint density at radius 1 is 1.29 bits per heavy atom. The summed E-state index contributed by atoms with van der Waals surface area (Å²) < 4.78 is 7.08. The minimum atomic E-state index is -0.0905. The summed E-state index contributed by atoms with van der Waals surface area (Å²) in [6.07, 6.45) is 0. The van der Waals surface area contributed by atoms with E-state index in [2.05, 4.69) is 27.4 Å². The molecule has 6 heteroatoms. The smallest absolute Gasteiger partial charge is 0.269 e. The maximum atomic E-state index is 12.5. The third-order valence-electron chi connectivity index (χ3n) is 4.36. The average Bonchev–Trinajstić information content (AvgIpc) is 2.95. The lowest BCUT2D eigenvalue weighted by molar-refractivity contribution is 0.0162. The molecule has 24 heavy (non-hydrogen) atoms. The van der Waals surface area contributed by atoms with Gasteiger partial charge in [0.05, 0.1) is 24.9 Å². The minimum Gasteiger partial charge on any atom is -0.379 e. The Kier molecular flexibility index (Phi) is 5.27. The monoisotopic (exact) mass is 328 g/mol. The number of carbonyl (C=O) groups is 1. The number of aryl methyl sites for hydroxylation is 2. The Bertz CT molecular complexity index is 678. The average molecular weight is 328 g/mol. The van der Waals surface area contributed by atoms with E-state index < -0.39 is 0 Å². The highest BCUT2D eigenvalue weighted by molar-refractivity contribution is 5.92. The van der Waals surface area contributed by atoms with E-state index in [-0.39, 0.29) is 11.9 Å². The normalized spacial score (nSPS) is 16.8. The molecule has 0 bridgehead atoms. The molecule has 1 saturated heterocycles. The van der Waals surface area contributed by atoms with Crippen LogP contribution in [-0.4, -0.2) is 53.4 Å². The Morgan fingerprint density at radius 3 is 2.62 bits per heavy atom. The van der Waals surface area contributed by atoms with Crippen LogP contribution in [0.2, 0.25) is 0 Å². The van der Waals surface area contributed by atoms with Gasteiger partial charge < -0.3 is 10.1 Å². The van der Waals surface area contributed by atoms with Crippen molar-refractivity contribution in [2.24, 2.45) is 7.05 Å². The Balaban J connectivity index is 1.72. The van der Waals surface area contributed by atoms with Gasteiger partial charge in [-0.25, -0.2) is 0 Å². The van der Waals surface area contributed by atoms with Crippen LogP contribution in [0.15, 0.2) is 36.4 Å². The van der Waals surface area contributed by atoms with Crippen LogP contribution in [0.1, 0.15) is 27.8 Å². The summed E-state index contributed by atoms with van der Waals surface area (Å²) in [6.45, 7) is 5.67. The van der Waals surface area contributed by atoms with Crippen LogP contribution in [0.5, 0.6) is 0 Å². The van der Waals surface area contributed by atoms with Crippen molar-refractivity contribution in [3.8, 4) is 0 Å². The molecule has 0 spiro atoms. The fourth-order valence-corrected chi connectivity index (χ4v) is 3.13. The van der Waals surface area contributed by atoms with Crippen LogP contribution >= 0.6 is 0 Å². The number of rotatable bonds is 5. The van der Waals surface area contributed by atoms with Crippen LogP contribution in [0.4, 0.5) is 0 Å². The second kappa shape index (κ2) is 7.59. The number of aromatic nitrogens is 2. The quantitative estimate of drug-likeness (QED) is 0.904. The van der Waals surface area contributed by atoms with Gasteiger partial charge >= 0.3 is 0 Å². The number of carbonyl (C=O) groups excluding carboxylic acids is 1. The van der Waals surface area contributed by atoms with Gasteiger partial charge in [-0.1, -0.05) is 30.3 Å². The van der Waals surface area contributed by atoms with Crippen LogP contribution in [0.3, 0.4) is 0 Å². The van der Waals surface area contributed by atoms with Gasteiger partial charge in [0.15, 0.2) is 0 Å². The van der Waals surface area contributed by atoms with Crippen molar-refractivity contribution in [1.29, 1.82) is 0 Å². The third-order valence-corrected chi connectivity index (χ3v) is 4.36. The number of nitrogens with one attached hydrogen (secondary N) is 1. The van der Waals surface area contributed by atoms with E-state index in [0.29, 0.717) is 12.2 Å². The lowest BCUT2D eigenvalue weighted by atomic mass is 10.0. The van der Waals surface area contributed by atoms with Crippen molar-refractivity contribution in [2.45, 2.75) is 13.0 Å². The number of morpholine rings is 1. The van der Waals surface area contributed by atoms with Gasteiger partial charge in [0.2, 0.25) is 0 Å². The second-order valence-electron chi connectivity index (χ2n) is 6.08. The predicted molar refractivity (Wildman–Crippen MR) is 91.9 cm³/mol. The van der Waals surface area contributed by atoms with E-state index in [0.717, 1.165) is 32.0 Å². The fraction of sp³-hybridized carbons (Fsp3) is 0.444. The molecule has 0 radical (unpaired) electrons. The lowest BCUT2D eigenvalue weighted by Crippen LogP contribution is -2.44. The third kappa shape index (κ3) is 3.83. The van der Waals surface area contributed by atoms with Gasteiger partial charge in [0, 0.05) is 26.7 Å². The molecule has 2 heterocycles. The first-order valence-corrected chi connectivity index (χ1v) is 8.31. The Hall–Kier alpha value is -2.18. The van der Waals surface area contributed by atoms with Crippen molar-refractivity contribution < 1.29 is 9.53 Å². The molecule has 0 saturated carbocycles. The number of amides is 1. The maximum absolute atomic E-state index is 12.5. The molecule has 128 valence electrons. The van der Waals surface area contributed by atoms with Crippen molar-refractivity contribution >= 4 is 5.91 Å². The zero-order valence-electron chi connectivity index (χ0n) is 14.2. The molecule has 1 aliphatic rings. The summed E-state index contributed by atoms with van der Waals surface area (Å²) in [6, 6.07) is 12.3. The Labute approximate surface area is 142 Å². The molecule has 1 aromatic heterocycles. The van der Waals surface area contributed by atoms with Crippen LogP contribution in [0.25, 0.3) is 0 Å². The number of hydrogen-bond donors (Lipinski definition) is 1. The molecule has 2 aromatic rings. The number of nitrogens with zero attached hydrogens (tertiary/aromatic N) is 3. The van der Waals surface area contributed by atoms with Gasteiger partial charge in [-0.2, -0.15) is 5.10 Å². The number of ether oxygens (including phenoxy) is 1. The molecule has 1 N–H and O–H groups in total. The van der Waals surface area contributed by atoms with Gasteiger partial charge in [-0.3, -0.25) is 14.4 Å². The van der Waals surface area contributed by atoms with Crippen LogP contribution in [-0.2, 0) is 11.8 Å². The molecule has 0 aliphatic carbocycles. The molecule has 1 fully saturated rings. The SMILES string of the molecule is Cc1cc(C(=O)NCC(c2ccccc2)N2CCOCC2)n(C)n1. The molecular formula is C18H24N4O2. The molecule has 1 amide bonds. The van der Waals surface area contributed by atoms with Crippen LogP contribution in [0, 0.1) is 6.92 Å². The van der Waals surface area contributed by atoms with Crippen LogP contribution < -0.4 is 5.32 Å². The molecule has 6 nitrogen and oxygen atoms in total. The van der Waals surface area contributed by atoms with E-state index in [1.54, 1.807) is 11.7 Å². The molecule has 1 aromatic carbocycles. The number of hydrogen-bond acceptors (Lipinski definition) is 4. The summed E-state index contributed by atoms with van der Waals surface area (Å²) in [7, 11) is 1.79. The fourth-order valence-electron chi connectivity index (χ4n) is 3.13. The lowest BCUT2D eigenvalue weighted by Gasteiger charge is -2.34. The second-order valence-corrected chi connectivity index (χ2v) is 6.08. The standard InChI is InChI=1S/C18H24N4O2/c1-14-12-16(21(2)20-14)18(23)19-13-17(15-6-4-3-5-7-15)22-8-10-24-11-9-22/h3-7,12,17H,8-11,13H2,1-2H3,(H,19,23). The summed E-state index contributed by atoms with van der Waals surface area (Å²) >= 11 is 0. The largest absolute Gasteiger partial charge is 0.379 e. The van der Waals surface area contributed by atoms with Crippen molar-refractivity contribution in [3.63, 3.8) is 0 Å². The maximum Gasteiger partial charge on any atom is 0.269 e. The molecule has 1 atom stereocenters. The minimum absolute atomic E-state index is 0.0905.